The van der Waals surface area contributed by atoms with Crippen molar-refractivity contribution < 1.29 is 14.3 Å². The molecule has 4 nitrogen and oxygen atoms in total. The van der Waals surface area contributed by atoms with Crippen molar-refractivity contribution in [2.75, 3.05) is 13.7 Å². The minimum absolute atomic E-state index is 0.0573. The van der Waals surface area contributed by atoms with E-state index in [2.05, 4.69) is 5.32 Å². The zero-order valence-corrected chi connectivity index (χ0v) is 14.0. The van der Waals surface area contributed by atoms with Gasteiger partial charge in [-0.1, -0.05) is 23.7 Å². The summed E-state index contributed by atoms with van der Waals surface area (Å²) in [7, 11) is 1.62. The Balaban J connectivity index is 1.77. The second-order valence-electron chi connectivity index (χ2n) is 5.26. The van der Waals surface area contributed by atoms with Gasteiger partial charge in [-0.05, 0) is 48.9 Å². The van der Waals surface area contributed by atoms with Gasteiger partial charge in [-0.2, -0.15) is 0 Å². The average molecular weight is 334 g/mol. The predicted molar refractivity (Wildman–Crippen MR) is 91.2 cm³/mol. The van der Waals surface area contributed by atoms with E-state index in [9.17, 15) is 4.79 Å². The minimum atomic E-state index is -0.0937. The molecule has 0 aliphatic heterocycles. The molecular formula is C18H20ClNO3. The van der Waals surface area contributed by atoms with E-state index in [1.807, 2.05) is 43.3 Å². The SMILES string of the molecule is COc1ccc(OCC(C)NC(=O)Cc2cccc(Cl)c2)cc1. The molecule has 2 rings (SSSR count). The standard InChI is InChI=1S/C18H20ClNO3/c1-13(12-23-17-8-6-16(22-2)7-9-17)20-18(21)11-14-4-3-5-15(19)10-14/h3-10,13H,11-12H2,1-2H3,(H,20,21). The molecule has 0 aliphatic rings. The smallest absolute Gasteiger partial charge is 0.224 e. The Kier molecular flexibility index (Phi) is 6.29. The Bertz CT molecular complexity index is 643. The van der Waals surface area contributed by atoms with Crippen molar-refractivity contribution in [3.8, 4) is 11.5 Å². The third kappa shape index (κ3) is 5.83. The topological polar surface area (TPSA) is 47.6 Å². The van der Waals surface area contributed by atoms with Gasteiger partial charge in [-0.25, -0.2) is 0 Å². The Hall–Kier alpha value is -2.20. The summed E-state index contributed by atoms with van der Waals surface area (Å²) in [5, 5.41) is 3.54. The van der Waals surface area contributed by atoms with Gasteiger partial charge < -0.3 is 14.8 Å². The first-order valence-corrected chi connectivity index (χ1v) is 7.75. The third-order valence-corrected chi connectivity index (χ3v) is 3.46. The molecule has 2 aromatic carbocycles. The van der Waals surface area contributed by atoms with Gasteiger partial charge in [-0.15, -0.1) is 0 Å². The molecule has 5 heteroatoms. The monoisotopic (exact) mass is 333 g/mol. The van der Waals surface area contributed by atoms with Gasteiger partial charge in [0.05, 0.1) is 19.6 Å². The van der Waals surface area contributed by atoms with Gasteiger partial charge in [0.25, 0.3) is 0 Å². The van der Waals surface area contributed by atoms with Crippen molar-refractivity contribution >= 4 is 17.5 Å². The van der Waals surface area contributed by atoms with Gasteiger partial charge in [0.2, 0.25) is 5.91 Å². The van der Waals surface area contributed by atoms with Crippen LogP contribution in [0.5, 0.6) is 11.5 Å². The molecule has 0 fully saturated rings. The van der Waals surface area contributed by atoms with Crippen LogP contribution in [0.25, 0.3) is 0 Å². The molecule has 0 saturated carbocycles. The van der Waals surface area contributed by atoms with E-state index in [0.29, 0.717) is 18.1 Å². The third-order valence-electron chi connectivity index (χ3n) is 3.22. The van der Waals surface area contributed by atoms with E-state index >= 15 is 0 Å². The van der Waals surface area contributed by atoms with Crippen molar-refractivity contribution in [3.05, 3.63) is 59.1 Å². The molecule has 1 unspecified atom stereocenters. The van der Waals surface area contributed by atoms with Gasteiger partial charge in [0, 0.05) is 5.02 Å². The summed E-state index contributed by atoms with van der Waals surface area (Å²) >= 11 is 5.91. The number of rotatable bonds is 7. The van der Waals surface area contributed by atoms with E-state index in [-0.39, 0.29) is 11.9 Å². The summed E-state index contributed by atoms with van der Waals surface area (Å²) in [6.07, 6.45) is 0.299. The normalized spacial score (nSPS) is 11.6. The molecule has 0 aromatic heterocycles. The molecule has 1 amide bonds. The number of carbonyl (C=O) groups excluding carboxylic acids is 1. The van der Waals surface area contributed by atoms with Gasteiger partial charge in [0.15, 0.2) is 0 Å². The Morgan fingerprint density at radius 1 is 1.17 bits per heavy atom. The van der Waals surface area contributed by atoms with Crippen LogP contribution in [0.2, 0.25) is 5.02 Å². The number of ether oxygens (including phenoxy) is 2. The first kappa shape index (κ1) is 17.2. The largest absolute Gasteiger partial charge is 0.497 e. The van der Waals surface area contributed by atoms with Crippen molar-refractivity contribution in [1.82, 2.24) is 5.32 Å². The number of amides is 1. The lowest BCUT2D eigenvalue weighted by molar-refractivity contribution is -0.121. The first-order chi connectivity index (χ1) is 11.1. The van der Waals surface area contributed by atoms with Crippen molar-refractivity contribution in [3.63, 3.8) is 0 Å². The number of benzene rings is 2. The van der Waals surface area contributed by atoms with Crippen LogP contribution in [-0.2, 0) is 11.2 Å². The second kappa shape index (κ2) is 8.44. The van der Waals surface area contributed by atoms with Crippen LogP contribution in [0.3, 0.4) is 0 Å². The Labute approximate surface area is 141 Å². The van der Waals surface area contributed by atoms with Crippen LogP contribution in [0.1, 0.15) is 12.5 Å². The number of halogens is 1. The maximum Gasteiger partial charge on any atom is 0.224 e. The number of methoxy groups -OCH3 is 1. The van der Waals surface area contributed by atoms with Crippen LogP contribution >= 0.6 is 11.6 Å². The quantitative estimate of drug-likeness (QED) is 0.844. The van der Waals surface area contributed by atoms with Gasteiger partial charge in [0.1, 0.15) is 18.1 Å². The molecule has 0 saturated heterocycles. The van der Waals surface area contributed by atoms with Crippen LogP contribution in [0.15, 0.2) is 48.5 Å². The van der Waals surface area contributed by atoms with Gasteiger partial charge >= 0.3 is 0 Å². The summed E-state index contributed by atoms with van der Waals surface area (Å²) in [6.45, 7) is 2.30. The summed E-state index contributed by atoms with van der Waals surface area (Å²) in [4.78, 5) is 12.0. The minimum Gasteiger partial charge on any atom is -0.497 e. The predicted octanol–water partition coefficient (Wildman–Crippen LogP) is 3.47. The maximum absolute atomic E-state index is 12.0. The fraction of sp³-hybridized carbons (Fsp3) is 0.278. The molecule has 1 atom stereocenters. The molecule has 1 N–H and O–H groups in total. The van der Waals surface area contributed by atoms with Crippen LogP contribution < -0.4 is 14.8 Å². The van der Waals surface area contributed by atoms with Crippen LogP contribution in [-0.4, -0.2) is 25.7 Å². The van der Waals surface area contributed by atoms with Crippen LogP contribution in [0.4, 0.5) is 0 Å². The Morgan fingerprint density at radius 2 is 1.87 bits per heavy atom. The molecule has 0 radical (unpaired) electrons. The number of hydrogen-bond acceptors (Lipinski definition) is 3. The highest BCUT2D eigenvalue weighted by atomic mass is 35.5. The number of carbonyl (C=O) groups is 1. The fourth-order valence-corrected chi connectivity index (χ4v) is 2.31. The van der Waals surface area contributed by atoms with E-state index in [0.717, 1.165) is 17.1 Å². The zero-order valence-electron chi connectivity index (χ0n) is 13.2. The molecule has 0 bridgehead atoms. The lowest BCUT2D eigenvalue weighted by Crippen LogP contribution is -2.37. The molecule has 0 heterocycles. The molecule has 2 aromatic rings. The number of hydrogen-bond donors (Lipinski definition) is 1. The highest BCUT2D eigenvalue weighted by Crippen LogP contribution is 2.17. The maximum atomic E-state index is 12.0. The summed E-state index contributed by atoms with van der Waals surface area (Å²) in [5.74, 6) is 1.46. The lowest BCUT2D eigenvalue weighted by Gasteiger charge is -2.15. The van der Waals surface area contributed by atoms with Gasteiger partial charge in [-0.3, -0.25) is 4.79 Å². The molecule has 122 valence electrons. The first-order valence-electron chi connectivity index (χ1n) is 7.37. The summed E-state index contributed by atoms with van der Waals surface area (Å²) < 4.78 is 10.7. The Morgan fingerprint density at radius 3 is 2.52 bits per heavy atom. The van der Waals surface area contributed by atoms with Crippen molar-refractivity contribution in [1.29, 1.82) is 0 Å². The van der Waals surface area contributed by atoms with E-state index in [4.69, 9.17) is 21.1 Å². The lowest BCUT2D eigenvalue weighted by atomic mass is 10.1. The highest BCUT2D eigenvalue weighted by Gasteiger charge is 2.09. The molecule has 0 spiro atoms. The average Bonchev–Trinajstić information content (AvgIpc) is 2.53. The second-order valence-corrected chi connectivity index (χ2v) is 5.70. The molecular weight excluding hydrogens is 314 g/mol. The number of nitrogens with one attached hydrogen (secondary N) is 1. The fourth-order valence-electron chi connectivity index (χ4n) is 2.09. The zero-order chi connectivity index (χ0) is 16.7. The van der Waals surface area contributed by atoms with E-state index in [1.54, 1.807) is 19.2 Å². The van der Waals surface area contributed by atoms with E-state index < -0.39 is 0 Å². The molecule has 0 aliphatic carbocycles. The van der Waals surface area contributed by atoms with E-state index in [1.165, 1.54) is 0 Å². The van der Waals surface area contributed by atoms with Crippen molar-refractivity contribution in [2.45, 2.75) is 19.4 Å². The highest BCUT2D eigenvalue weighted by molar-refractivity contribution is 6.30. The summed E-state index contributed by atoms with van der Waals surface area (Å²) in [5.41, 5.74) is 0.887. The summed E-state index contributed by atoms with van der Waals surface area (Å²) in [6, 6.07) is 14.5. The van der Waals surface area contributed by atoms with Crippen LogP contribution in [0, 0.1) is 0 Å². The van der Waals surface area contributed by atoms with Crippen molar-refractivity contribution in [2.24, 2.45) is 0 Å². The molecule has 23 heavy (non-hydrogen) atoms.